The van der Waals surface area contributed by atoms with Crippen LogP contribution in [0, 0.1) is 6.92 Å². The molecule has 0 atom stereocenters. The van der Waals surface area contributed by atoms with Gasteiger partial charge >= 0.3 is 6.03 Å². The third kappa shape index (κ3) is 3.73. The highest BCUT2D eigenvalue weighted by Crippen LogP contribution is 2.18. The number of ether oxygens (including phenoxy) is 1. The number of hydrogen-bond donors (Lipinski definition) is 1. The number of rotatable bonds is 3. The lowest BCUT2D eigenvalue weighted by Gasteiger charge is -2.35. The third-order valence-electron chi connectivity index (χ3n) is 4.00. The minimum absolute atomic E-state index is 0.0992. The Bertz CT molecular complexity index is 696. The standard InChI is InChI=1S/C17H21N5O2/c1-13-6-7-16(20-19-13)21-8-10-22(11-9-21)17(23)18-14-4-3-5-15(12-14)24-2/h3-7,12H,8-11H2,1-2H3,(H,18,23). The molecular weight excluding hydrogens is 306 g/mol. The predicted octanol–water partition coefficient (Wildman–Crippen LogP) is 2.15. The molecule has 7 nitrogen and oxygen atoms in total. The van der Waals surface area contributed by atoms with Crippen molar-refractivity contribution in [1.29, 1.82) is 0 Å². The van der Waals surface area contributed by atoms with Crippen molar-refractivity contribution < 1.29 is 9.53 Å². The topological polar surface area (TPSA) is 70.6 Å². The SMILES string of the molecule is COc1cccc(NC(=O)N2CCN(c3ccc(C)nn3)CC2)c1. The summed E-state index contributed by atoms with van der Waals surface area (Å²) in [6.07, 6.45) is 0. The number of nitrogens with one attached hydrogen (secondary N) is 1. The number of aryl methyl sites for hydroxylation is 1. The van der Waals surface area contributed by atoms with E-state index in [4.69, 9.17) is 4.74 Å². The second-order valence-corrected chi connectivity index (χ2v) is 5.67. The fourth-order valence-electron chi connectivity index (χ4n) is 2.60. The van der Waals surface area contributed by atoms with Gasteiger partial charge < -0.3 is 19.9 Å². The lowest BCUT2D eigenvalue weighted by atomic mass is 10.3. The Morgan fingerprint density at radius 3 is 2.58 bits per heavy atom. The average Bonchev–Trinajstić information content (AvgIpc) is 2.62. The van der Waals surface area contributed by atoms with Gasteiger partial charge in [-0.05, 0) is 31.2 Å². The maximum atomic E-state index is 12.4. The van der Waals surface area contributed by atoms with Crippen molar-refractivity contribution in [3.05, 3.63) is 42.1 Å². The van der Waals surface area contributed by atoms with Crippen LogP contribution in [0.5, 0.6) is 5.75 Å². The van der Waals surface area contributed by atoms with E-state index in [0.29, 0.717) is 13.1 Å². The number of anilines is 2. The van der Waals surface area contributed by atoms with Crippen molar-refractivity contribution in [2.45, 2.75) is 6.92 Å². The molecule has 0 spiro atoms. The van der Waals surface area contributed by atoms with Gasteiger partial charge in [0.2, 0.25) is 0 Å². The number of urea groups is 1. The summed E-state index contributed by atoms with van der Waals surface area (Å²) in [6.45, 7) is 4.68. The van der Waals surface area contributed by atoms with Crippen molar-refractivity contribution in [1.82, 2.24) is 15.1 Å². The Morgan fingerprint density at radius 2 is 1.92 bits per heavy atom. The fraction of sp³-hybridized carbons (Fsp3) is 0.353. The summed E-state index contributed by atoms with van der Waals surface area (Å²) in [4.78, 5) is 16.3. The summed E-state index contributed by atoms with van der Waals surface area (Å²) < 4.78 is 5.17. The summed E-state index contributed by atoms with van der Waals surface area (Å²) in [5.41, 5.74) is 1.63. The molecule has 1 fully saturated rings. The molecule has 2 heterocycles. The molecular formula is C17H21N5O2. The van der Waals surface area contributed by atoms with E-state index in [1.807, 2.05) is 37.3 Å². The van der Waals surface area contributed by atoms with Crippen LogP contribution in [0.3, 0.4) is 0 Å². The van der Waals surface area contributed by atoms with Crippen molar-refractivity contribution in [2.24, 2.45) is 0 Å². The van der Waals surface area contributed by atoms with Gasteiger partial charge in [0, 0.05) is 37.9 Å². The molecule has 126 valence electrons. The number of aromatic nitrogens is 2. The highest BCUT2D eigenvalue weighted by Gasteiger charge is 2.22. The van der Waals surface area contributed by atoms with Crippen LogP contribution in [-0.4, -0.2) is 54.4 Å². The maximum absolute atomic E-state index is 12.4. The Balaban J connectivity index is 1.55. The van der Waals surface area contributed by atoms with Crippen LogP contribution in [0.25, 0.3) is 0 Å². The van der Waals surface area contributed by atoms with Crippen LogP contribution in [0.15, 0.2) is 36.4 Å². The lowest BCUT2D eigenvalue weighted by Crippen LogP contribution is -2.50. The number of nitrogens with zero attached hydrogens (tertiary/aromatic N) is 4. The fourth-order valence-corrected chi connectivity index (χ4v) is 2.60. The van der Waals surface area contributed by atoms with Crippen LogP contribution in [0.4, 0.5) is 16.3 Å². The van der Waals surface area contributed by atoms with Gasteiger partial charge in [-0.25, -0.2) is 4.79 Å². The molecule has 0 radical (unpaired) electrons. The zero-order valence-electron chi connectivity index (χ0n) is 13.9. The number of hydrogen-bond acceptors (Lipinski definition) is 5. The van der Waals surface area contributed by atoms with Crippen molar-refractivity contribution in [2.75, 3.05) is 43.5 Å². The van der Waals surface area contributed by atoms with Crippen LogP contribution >= 0.6 is 0 Å². The summed E-state index contributed by atoms with van der Waals surface area (Å²) in [5, 5.41) is 11.2. The summed E-state index contributed by atoms with van der Waals surface area (Å²) in [6, 6.07) is 11.2. The molecule has 1 N–H and O–H groups in total. The molecule has 0 saturated carbocycles. The Kier molecular flexibility index (Phi) is 4.79. The first-order valence-electron chi connectivity index (χ1n) is 7.91. The maximum Gasteiger partial charge on any atom is 0.321 e. The van der Waals surface area contributed by atoms with Gasteiger partial charge in [-0.2, -0.15) is 5.10 Å². The molecule has 24 heavy (non-hydrogen) atoms. The van der Waals surface area contributed by atoms with Crippen molar-refractivity contribution >= 4 is 17.5 Å². The molecule has 2 amide bonds. The van der Waals surface area contributed by atoms with E-state index in [1.165, 1.54) is 0 Å². The number of carbonyl (C=O) groups is 1. The van der Waals surface area contributed by atoms with E-state index < -0.39 is 0 Å². The van der Waals surface area contributed by atoms with Gasteiger partial charge in [-0.15, -0.1) is 5.10 Å². The molecule has 2 aromatic rings. The van der Waals surface area contributed by atoms with E-state index in [1.54, 1.807) is 18.1 Å². The van der Waals surface area contributed by atoms with Gasteiger partial charge in [-0.1, -0.05) is 6.07 Å². The van der Waals surface area contributed by atoms with Crippen molar-refractivity contribution in [3.8, 4) is 5.75 Å². The van der Waals surface area contributed by atoms with Crippen LogP contribution in [-0.2, 0) is 0 Å². The number of carbonyl (C=O) groups excluding carboxylic acids is 1. The zero-order chi connectivity index (χ0) is 16.9. The van der Waals surface area contributed by atoms with E-state index in [-0.39, 0.29) is 6.03 Å². The molecule has 1 aliphatic heterocycles. The minimum atomic E-state index is -0.0992. The quantitative estimate of drug-likeness (QED) is 0.935. The first-order valence-corrected chi connectivity index (χ1v) is 7.91. The van der Waals surface area contributed by atoms with Gasteiger partial charge in [-0.3, -0.25) is 0 Å². The van der Waals surface area contributed by atoms with E-state index >= 15 is 0 Å². The first kappa shape index (κ1) is 16.0. The summed E-state index contributed by atoms with van der Waals surface area (Å²) in [7, 11) is 1.61. The second kappa shape index (κ2) is 7.16. The molecule has 1 aromatic carbocycles. The number of methoxy groups -OCH3 is 1. The first-order chi connectivity index (χ1) is 11.7. The Morgan fingerprint density at radius 1 is 1.12 bits per heavy atom. The molecule has 0 aliphatic carbocycles. The van der Waals surface area contributed by atoms with Crippen LogP contribution in [0.1, 0.15) is 5.69 Å². The highest BCUT2D eigenvalue weighted by atomic mass is 16.5. The smallest absolute Gasteiger partial charge is 0.321 e. The number of benzene rings is 1. The largest absolute Gasteiger partial charge is 0.497 e. The minimum Gasteiger partial charge on any atom is -0.497 e. The zero-order valence-corrected chi connectivity index (χ0v) is 13.9. The van der Waals surface area contributed by atoms with Gasteiger partial charge in [0.15, 0.2) is 5.82 Å². The molecule has 0 unspecified atom stereocenters. The van der Waals surface area contributed by atoms with E-state index in [0.717, 1.165) is 36.0 Å². The second-order valence-electron chi connectivity index (χ2n) is 5.67. The monoisotopic (exact) mass is 327 g/mol. The predicted molar refractivity (Wildman–Crippen MR) is 92.6 cm³/mol. The van der Waals surface area contributed by atoms with Gasteiger partial charge in [0.05, 0.1) is 12.8 Å². The molecule has 0 bridgehead atoms. The Hall–Kier alpha value is -2.83. The summed E-state index contributed by atoms with van der Waals surface area (Å²) in [5.74, 6) is 1.57. The lowest BCUT2D eigenvalue weighted by molar-refractivity contribution is 0.208. The molecule has 1 saturated heterocycles. The number of piperazine rings is 1. The molecule has 1 aliphatic rings. The molecule has 3 rings (SSSR count). The Labute approximate surface area is 141 Å². The van der Waals surface area contributed by atoms with Gasteiger partial charge in [0.1, 0.15) is 5.75 Å². The molecule has 1 aromatic heterocycles. The third-order valence-corrected chi connectivity index (χ3v) is 4.00. The average molecular weight is 327 g/mol. The summed E-state index contributed by atoms with van der Waals surface area (Å²) >= 11 is 0. The van der Waals surface area contributed by atoms with Crippen LogP contribution in [0.2, 0.25) is 0 Å². The van der Waals surface area contributed by atoms with Crippen molar-refractivity contribution in [3.63, 3.8) is 0 Å². The van der Waals surface area contributed by atoms with E-state index in [2.05, 4.69) is 20.4 Å². The van der Waals surface area contributed by atoms with Gasteiger partial charge in [0.25, 0.3) is 0 Å². The number of amides is 2. The normalized spacial score (nSPS) is 14.4. The van der Waals surface area contributed by atoms with E-state index in [9.17, 15) is 4.79 Å². The highest BCUT2D eigenvalue weighted by molar-refractivity contribution is 5.89. The van der Waals surface area contributed by atoms with Crippen LogP contribution < -0.4 is 15.0 Å². The molecule has 7 heteroatoms.